The van der Waals surface area contributed by atoms with Crippen LogP contribution in [0.4, 0.5) is 10.1 Å². The quantitative estimate of drug-likeness (QED) is 0.782. The minimum Gasteiger partial charge on any atom is -0.379 e. The Hall–Kier alpha value is -0.700. The highest BCUT2D eigenvalue weighted by atomic mass is 32.2. The maximum absolute atomic E-state index is 13.2. The Labute approximate surface area is 81.7 Å². The van der Waals surface area contributed by atoms with Gasteiger partial charge in [-0.1, -0.05) is 12.1 Å². The molecule has 1 aliphatic rings. The van der Waals surface area contributed by atoms with Gasteiger partial charge in [0.05, 0.1) is 5.69 Å². The molecule has 1 aliphatic heterocycles. The van der Waals surface area contributed by atoms with Gasteiger partial charge >= 0.3 is 0 Å². The smallest absolute Gasteiger partial charge is 0.146 e. The standard InChI is InChI=1S/C10H12FNS/c11-9-3-1-2-4-10(9)12-8-5-6-13-7-8/h1-4,8,12H,5-7H2. The summed E-state index contributed by atoms with van der Waals surface area (Å²) in [7, 11) is 0. The molecule has 1 nitrogen and oxygen atoms in total. The van der Waals surface area contributed by atoms with Crippen molar-refractivity contribution in [2.75, 3.05) is 16.8 Å². The van der Waals surface area contributed by atoms with Gasteiger partial charge in [-0.25, -0.2) is 4.39 Å². The number of hydrogen-bond donors (Lipinski definition) is 1. The van der Waals surface area contributed by atoms with Crippen LogP contribution < -0.4 is 5.32 Å². The van der Waals surface area contributed by atoms with Crippen LogP contribution in [0.15, 0.2) is 24.3 Å². The maximum Gasteiger partial charge on any atom is 0.146 e. The second-order valence-corrected chi connectivity index (χ2v) is 4.33. The molecule has 0 spiro atoms. The van der Waals surface area contributed by atoms with Crippen LogP contribution in [0, 0.1) is 5.82 Å². The van der Waals surface area contributed by atoms with Crippen molar-refractivity contribution in [1.29, 1.82) is 0 Å². The number of nitrogens with one attached hydrogen (secondary N) is 1. The molecule has 1 unspecified atom stereocenters. The molecule has 1 aromatic rings. The zero-order valence-corrected chi connectivity index (χ0v) is 8.11. The first-order chi connectivity index (χ1) is 6.36. The van der Waals surface area contributed by atoms with Gasteiger partial charge in [0.15, 0.2) is 0 Å². The molecule has 1 N–H and O–H groups in total. The molecule has 13 heavy (non-hydrogen) atoms. The fourth-order valence-electron chi connectivity index (χ4n) is 1.45. The van der Waals surface area contributed by atoms with Gasteiger partial charge in [-0.15, -0.1) is 0 Å². The summed E-state index contributed by atoms with van der Waals surface area (Å²) in [6.45, 7) is 0. The Kier molecular flexibility index (Phi) is 2.74. The summed E-state index contributed by atoms with van der Waals surface area (Å²) in [4.78, 5) is 0. The van der Waals surface area contributed by atoms with E-state index in [4.69, 9.17) is 0 Å². The second kappa shape index (κ2) is 4.01. The predicted molar refractivity (Wildman–Crippen MR) is 55.8 cm³/mol. The monoisotopic (exact) mass is 197 g/mol. The third-order valence-electron chi connectivity index (χ3n) is 2.16. The zero-order chi connectivity index (χ0) is 9.10. The average molecular weight is 197 g/mol. The number of para-hydroxylation sites is 1. The van der Waals surface area contributed by atoms with Crippen molar-refractivity contribution in [3.63, 3.8) is 0 Å². The molecule has 0 aliphatic carbocycles. The number of benzene rings is 1. The Balaban J connectivity index is 2.04. The van der Waals surface area contributed by atoms with Crippen molar-refractivity contribution in [3.8, 4) is 0 Å². The Morgan fingerprint density at radius 2 is 2.23 bits per heavy atom. The van der Waals surface area contributed by atoms with Gasteiger partial charge in [0.2, 0.25) is 0 Å². The van der Waals surface area contributed by atoms with Crippen LogP contribution in [0.1, 0.15) is 6.42 Å². The SMILES string of the molecule is Fc1ccccc1NC1CCSC1. The molecular formula is C10H12FNS. The number of halogens is 1. The molecule has 1 aromatic carbocycles. The highest BCUT2D eigenvalue weighted by molar-refractivity contribution is 7.99. The highest BCUT2D eigenvalue weighted by Crippen LogP contribution is 2.22. The van der Waals surface area contributed by atoms with E-state index < -0.39 is 0 Å². The topological polar surface area (TPSA) is 12.0 Å². The lowest BCUT2D eigenvalue weighted by atomic mass is 10.2. The van der Waals surface area contributed by atoms with Crippen LogP contribution in [0.3, 0.4) is 0 Å². The third kappa shape index (κ3) is 2.15. The first-order valence-corrected chi connectivity index (χ1v) is 5.60. The van der Waals surface area contributed by atoms with Crippen LogP contribution in [-0.2, 0) is 0 Å². The van der Waals surface area contributed by atoms with E-state index in [1.807, 2.05) is 17.8 Å². The van der Waals surface area contributed by atoms with Crippen molar-refractivity contribution in [1.82, 2.24) is 0 Å². The van der Waals surface area contributed by atoms with Crippen LogP contribution in [0.5, 0.6) is 0 Å². The second-order valence-electron chi connectivity index (χ2n) is 3.18. The molecule has 70 valence electrons. The van der Waals surface area contributed by atoms with E-state index in [-0.39, 0.29) is 5.82 Å². The predicted octanol–water partition coefficient (Wildman–Crippen LogP) is 2.74. The normalized spacial score (nSPS) is 21.8. The lowest BCUT2D eigenvalue weighted by molar-refractivity contribution is 0.626. The molecule has 0 aromatic heterocycles. The number of hydrogen-bond acceptors (Lipinski definition) is 2. The minimum atomic E-state index is -0.153. The molecule has 1 atom stereocenters. The molecule has 0 bridgehead atoms. The summed E-state index contributed by atoms with van der Waals surface area (Å²) in [6.07, 6.45) is 1.14. The molecule has 1 heterocycles. The van der Waals surface area contributed by atoms with Crippen molar-refractivity contribution in [3.05, 3.63) is 30.1 Å². The molecular weight excluding hydrogens is 185 g/mol. The lowest BCUT2D eigenvalue weighted by Crippen LogP contribution is -2.18. The van der Waals surface area contributed by atoms with Gasteiger partial charge in [-0.05, 0) is 24.3 Å². The molecule has 0 saturated carbocycles. The fourth-order valence-corrected chi connectivity index (χ4v) is 2.60. The van der Waals surface area contributed by atoms with E-state index in [1.54, 1.807) is 12.1 Å². The van der Waals surface area contributed by atoms with Gasteiger partial charge in [-0.3, -0.25) is 0 Å². The van der Waals surface area contributed by atoms with Crippen molar-refractivity contribution in [2.45, 2.75) is 12.5 Å². The van der Waals surface area contributed by atoms with Crippen LogP contribution >= 0.6 is 11.8 Å². The number of thioether (sulfide) groups is 1. The fraction of sp³-hybridized carbons (Fsp3) is 0.400. The van der Waals surface area contributed by atoms with Gasteiger partial charge < -0.3 is 5.32 Å². The number of rotatable bonds is 2. The molecule has 2 rings (SSSR count). The molecule has 0 radical (unpaired) electrons. The largest absolute Gasteiger partial charge is 0.379 e. The van der Waals surface area contributed by atoms with Crippen molar-refractivity contribution in [2.24, 2.45) is 0 Å². The third-order valence-corrected chi connectivity index (χ3v) is 3.33. The molecule has 0 amide bonds. The van der Waals surface area contributed by atoms with Gasteiger partial charge in [0.25, 0.3) is 0 Å². The minimum absolute atomic E-state index is 0.153. The lowest BCUT2D eigenvalue weighted by Gasteiger charge is -2.12. The average Bonchev–Trinajstić information content (AvgIpc) is 2.61. The molecule has 3 heteroatoms. The van der Waals surface area contributed by atoms with E-state index in [0.717, 1.165) is 12.2 Å². The zero-order valence-electron chi connectivity index (χ0n) is 7.29. The van der Waals surface area contributed by atoms with Crippen LogP contribution in [0.25, 0.3) is 0 Å². The van der Waals surface area contributed by atoms with Gasteiger partial charge in [-0.2, -0.15) is 11.8 Å². The number of anilines is 1. The Bertz CT molecular complexity index is 284. The van der Waals surface area contributed by atoms with E-state index in [1.165, 1.54) is 11.8 Å². The summed E-state index contributed by atoms with van der Waals surface area (Å²) in [5, 5.41) is 3.21. The summed E-state index contributed by atoms with van der Waals surface area (Å²) in [5.41, 5.74) is 0.634. The van der Waals surface area contributed by atoms with Crippen LogP contribution in [-0.4, -0.2) is 17.5 Å². The van der Waals surface area contributed by atoms with Gasteiger partial charge in [0, 0.05) is 11.8 Å². The first kappa shape index (κ1) is 8.88. The van der Waals surface area contributed by atoms with Crippen molar-refractivity contribution >= 4 is 17.4 Å². The first-order valence-electron chi connectivity index (χ1n) is 4.45. The van der Waals surface area contributed by atoms with E-state index in [2.05, 4.69) is 5.32 Å². The summed E-state index contributed by atoms with van der Waals surface area (Å²) in [5.74, 6) is 2.12. The molecule has 1 fully saturated rings. The van der Waals surface area contributed by atoms with E-state index in [0.29, 0.717) is 11.7 Å². The summed E-state index contributed by atoms with van der Waals surface area (Å²) < 4.78 is 13.2. The van der Waals surface area contributed by atoms with Gasteiger partial charge in [0.1, 0.15) is 5.82 Å². The summed E-state index contributed by atoms with van der Waals surface area (Å²) >= 11 is 1.92. The van der Waals surface area contributed by atoms with Crippen LogP contribution in [0.2, 0.25) is 0 Å². The van der Waals surface area contributed by atoms with E-state index in [9.17, 15) is 4.39 Å². The highest BCUT2D eigenvalue weighted by Gasteiger charge is 2.15. The Morgan fingerprint density at radius 1 is 1.38 bits per heavy atom. The van der Waals surface area contributed by atoms with E-state index >= 15 is 0 Å². The maximum atomic E-state index is 13.2. The molecule has 1 saturated heterocycles. The Morgan fingerprint density at radius 3 is 2.92 bits per heavy atom. The van der Waals surface area contributed by atoms with Crippen molar-refractivity contribution < 1.29 is 4.39 Å². The summed E-state index contributed by atoms with van der Waals surface area (Å²) in [6, 6.07) is 7.29.